The largest absolute Gasteiger partial charge is 0.486 e. The SMILES string of the molecule is CN(C)C(=O)CCN1CCC[C@@H]1c1ccc2c(c1)OCCO2. The van der Waals surface area contributed by atoms with E-state index in [-0.39, 0.29) is 5.91 Å². The molecule has 1 saturated heterocycles. The Bertz CT molecular complexity index is 545. The molecule has 0 N–H and O–H groups in total. The lowest BCUT2D eigenvalue weighted by molar-refractivity contribution is -0.129. The molecule has 0 spiro atoms. The minimum Gasteiger partial charge on any atom is -0.486 e. The first-order chi connectivity index (χ1) is 10.6. The Morgan fingerprint density at radius 3 is 2.82 bits per heavy atom. The summed E-state index contributed by atoms with van der Waals surface area (Å²) in [6.07, 6.45) is 2.89. The van der Waals surface area contributed by atoms with Crippen molar-refractivity contribution < 1.29 is 14.3 Å². The molecule has 0 saturated carbocycles. The zero-order valence-electron chi connectivity index (χ0n) is 13.4. The van der Waals surface area contributed by atoms with Crippen molar-refractivity contribution in [1.29, 1.82) is 0 Å². The highest BCUT2D eigenvalue weighted by molar-refractivity contribution is 5.75. The number of likely N-dealkylation sites (tertiary alicyclic amines) is 1. The number of carbonyl (C=O) groups excluding carboxylic acids is 1. The van der Waals surface area contributed by atoms with Gasteiger partial charge in [-0.1, -0.05) is 6.07 Å². The standard InChI is InChI=1S/C17H24N2O3/c1-18(2)17(20)7-9-19-8-3-4-14(19)13-5-6-15-16(12-13)22-11-10-21-15/h5-6,12,14H,3-4,7-11H2,1-2H3/t14-/m1/s1. The molecule has 120 valence electrons. The zero-order valence-corrected chi connectivity index (χ0v) is 13.4. The number of hydrogen-bond donors (Lipinski definition) is 0. The zero-order chi connectivity index (χ0) is 15.5. The normalized spacial score (nSPS) is 20.9. The van der Waals surface area contributed by atoms with Gasteiger partial charge >= 0.3 is 0 Å². The van der Waals surface area contributed by atoms with Crippen LogP contribution in [0.5, 0.6) is 11.5 Å². The minimum absolute atomic E-state index is 0.188. The van der Waals surface area contributed by atoms with Gasteiger partial charge in [0.25, 0.3) is 0 Å². The maximum Gasteiger partial charge on any atom is 0.223 e. The molecule has 0 aliphatic carbocycles. The van der Waals surface area contributed by atoms with Gasteiger partial charge in [-0.05, 0) is 37.1 Å². The molecule has 1 amide bonds. The second-order valence-corrected chi connectivity index (χ2v) is 6.14. The van der Waals surface area contributed by atoms with Crippen LogP contribution >= 0.6 is 0 Å². The van der Waals surface area contributed by atoms with Gasteiger partial charge in [-0.25, -0.2) is 0 Å². The van der Waals surface area contributed by atoms with Crippen molar-refractivity contribution in [3.63, 3.8) is 0 Å². The molecule has 1 aromatic carbocycles. The third kappa shape index (κ3) is 3.19. The van der Waals surface area contributed by atoms with E-state index in [1.54, 1.807) is 4.90 Å². The smallest absolute Gasteiger partial charge is 0.223 e. The van der Waals surface area contributed by atoms with Crippen molar-refractivity contribution in [3.05, 3.63) is 23.8 Å². The van der Waals surface area contributed by atoms with Crippen LogP contribution in [0.3, 0.4) is 0 Å². The van der Waals surface area contributed by atoms with Gasteiger partial charge in [-0.2, -0.15) is 0 Å². The molecular weight excluding hydrogens is 280 g/mol. The van der Waals surface area contributed by atoms with Crippen molar-refractivity contribution in [2.45, 2.75) is 25.3 Å². The summed E-state index contributed by atoms with van der Waals surface area (Å²) < 4.78 is 11.3. The van der Waals surface area contributed by atoms with Gasteiger partial charge in [0.05, 0.1) is 0 Å². The predicted octanol–water partition coefficient (Wildman–Crippen LogP) is 2.07. The van der Waals surface area contributed by atoms with Crippen molar-refractivity contribution in [3.8, 4) is 11.5 Å². The second-order valence-electron chi connectivity index (χ2n) is 6.14. The van der Waals surface area contributed by atoms with E-state index in [4.69, 9.17) is 9.47 Å². The molecule has 5 heteroatoms. The summed E-state index contributed by atoms with van der Waals surface area (Å²) in [5.41, 5.74) is 1.26. The molecule has 2 aliphatic rings. The molecule has 5 nitrogen and oxygen atoms in total. The number of ether oxygens (including phenoxy) is 2. The van der Waals surface area contributed by atoms with E-state index in [2.05, 4.69) is 17.0 Å². The molecule has 2 heterocycles. The number of fused-ring (bicyclic) bond motifs is 1. The van der Waals surface area contributed by atoms with Crippen LogP contribution in [0.1, 0.15) is 30.9 Å². The second kappa shape index (κ2) is 6.57. The van der Waals surface area contributed by atoms with Crippen LogP contribution in [0.4, 0.5) is 0 Å². The number of amides is 1. The highest BCUT2D eigenvalue weighted by atomic mass is 16.6. The van der Waals surface area contributed by atoms with Crippen LogP contribution in [0.15, 0.2) is 18.2 Å². The quantitative estimate of drug-likeness (QED) is 0.854. The Labute approximate surface area is 131 Å². The Balaban J connectivity index is 1.69. The van der Waals surface area contributed by atoms with E-state index < -0.39 is 0 Å². The first-order valence-corrected chi connectivity index (χ1v) is 7.99. The summed E-state index contributed by atoms with van der Waals surface area (Å²) in [6, 6.07) is 6.62. The van der Waals surface area contributed by atoms with Crippen LogP contribution < -0.4 is 9.47 Å². The maximum absolute atomic E-state index is 11.8. The van der Waals surface area contributed by atoms with Gasteiger partial charge in [0, 0.05) is 33.1 Å². The van der Waals surface area contributed by atoms with Gasteiger partial charge in [-0.15, -0.1) is 0 Å². The Hall–Kier alpha value is -1.75. The molecule has 0 aromatic heterocycles. The van der Waals surface area contributed by atoms with Crippen LogP contribution in [0, 0.1) is 0 Å². The van der Waals surface area contributed by atoms with E-state index in [1.807, 2.05) is 20.2 Å². The first-order valence-electron chi connectivity index (χ1n) is 7.99. The molecule has 1 aromatic rings. The third-order valence-electron chi connectivity index (χ3n) is 4.43. The molecule has 0 radical (unpaired) electrons. The number of benzene rings is 1. The summed E-state index contributed by atoms with van der Waals surface area (Å²) in [5.74, 6) is 1.87. The predicted molar refractivity (Wildman–Crippen MR) is 84.3 cm³/mol. The molecule has 22 heavy (non-hydrogen) atoms. The van der Waals surface area contributed by atoms with Gasteiger partial charge < -0.3 is 14.4 Å². The first kappa shape index (κ1) is 15.2. The highest BCUT2D eigenvalue weighted by Crippen LogP contribution is 2.37. The molecule has 3 rings (SSSR count). The van der Waals surface area contributed by atoms with Crippen LogP contribution in [-0.2, 0) is 4.79 Å². The topological polar surface area (TPSA) is 42.0 Å². The molecule has 0 bridgehead atoms. The fourth-order valence-electron chi connectivity index (χ4n) is 3.20. The maximum atomic E-state index is 11.8. The molecule has 1 fully saturated rings. The number of nitrogens with zero attached hydrogens (tertiary/aromatic N) is 2. The highest BCUT2D eigenvalue weighted by Gasteiger charge is 2.27. The third-order valence-corrected chi connectivity index (χ3v) is 4.43. The van der Waals surface area contributed by atoms with Crippen molar-refractivity contribution in [2.75, 3.05) is 40.4 Å². The Morgan fingerprint density at radius 1 is 1.27 bits per heavy atom. The number of rotatable bonds is 4. The number of carbonyl (C=O) groups is 1. The Kier molecular flexibility index (Phi) is 4.52. The van der Waals surface area contributed by atoms with E-state index in [1.165, 1.54) is 12.0 Å². The van der Waals surface area contributed by atoms with E-state index in [9.17, 15) is 4.79 Å². The van der Waals surface area contributed by atoms with E-state index >= 15 is 0 Å². The summed E-state index contributed by atoms with van der Waals surface area (Å²) in [7, 11) is 3.62. The average Bonchev–Trinajstić information content (AvgIpc) is 3.00. The molecular formula is C17H24N2O3. The van der Waals surface area contributed by atoms with Crippen LogP contribution in [0.25, 0.3) is 0 Å². The van der Waals surface area contributed by atoms with Crippen LogP contribution in [-0.4, -0.2) is 56.1 Å². The summed E-state index contributed by atoms with van der Waals surface area (Å²) in [4.78, 5) is 15.9. The fourth-order valence-corrected chi connectivity index (χ4v) is 3.20. The van der Waals surface area contributed by atoms with Gasteiger partial charge in [0.1, 0.15) is 13.2 Å². The Morgan fingerprint density at radius 2 is 2.05 bits per heavy atom. The molecule has 0 unspecified atom stereocenters. The van der Waals surface area contributed by atoms with Crippen molar-refractivity contribution >= 4 is 5.91 Å². The van der Waals surface area contributed by atoms with Gasteiger partial charge in [0.2, 0.25) is 5.91 Å². The minimum atomic E-state index is 0.188. The lowest BCUT2D eigenvalue weighted by Gasteiger charge is -2.26. The van der Waals surface area contributed by atoms with E-state index in [0.717, 1.165) is 31.0 Å². The monoisotopic (exact) mass is 304 g/mol. The van der Waals surface area contributed by atoms with Crippen molar-refractivity contribution in [2.24, 2.45) is 0 Å². The van der Waals surface area contributed by atoms with Gasteiger partial charge in [0.15, 0.2) is 11.5 Å². The number of hydrogen-bond acceptors (Lipinski definition) is 4. The summed E-state index contributed by atoms with van der Waals surface area (Å²) >= 11 is 0. The lowest BCUT2D eigenvalue weighted by atomic mass is 10.0. The average molecular weight is 304 g/mol. The molecule has 1 atom stereocenters. The fraction of sp³-hybridized carbons (Fsp3) is 0.588. The summed E-state index contributed by atoms with van der Waals surface area (Å²) in [6.45, 7) is 3.10. The van der Waals surface area contributed by atoms with E-state index in [0.29, 0.717) is 25.7 Å². The van der Waals surface area contributed by atoms with Crippen LogP contribution in [0.2, 0.25) is 0 Å². The van der Waals surface area contributed by atoms with Gasteiger partial charge in [-0.3, -0.25) is 9.69 Å². The van der Waals surface area contributed by atoms with Crippen molar-refractivity contribution in [1.82, 2.24) is 9.80 Å². The summed E-state index contributed by atoms with van der Waals surface area (Å²) in [5, 5.41) is 0. The lowest BCUT2D eigenvalue weighted by Crippen LogP contribution is -2.30. The molecule has 2 aliphatic heterocycles.